The fourth-order valence-corrected chi connectivity index (χ4v) is 4.84. The maximum absolute atomic E-state index is 12.8. The van der Waals surface area contributed by atoms with Crippen LogP contribution in [0.1, 0.15) is 24.0 Å². The summed E-state index contributed by atoms with van der Waals surface area (Å²) in [5.74, 6) is -0.125. The van der Waals surface area contributed by atoms with Crippen LogP contribution in [0.4, 0.5) is 0 Å². The molecule has 0 aromatic heterocycles. The summed E-state index contributed by atoms with van der Waals surface area (Å²) in [5, 5.41) is 2.91. The Hall–Kier alpha value is -3.22. The first-order chi connectivity index (χ1) is 16.1. The van der Waals surface area contributed by atoms with Crippen LogP contribution in [0, 0.1) is 0 Å². The van der Waals surface area contributed by atoms with Gasteiger partial charge in [0.2, 0.25) is 5.91 Å². The van der Waals surface area contributed by atoms with Crippen molar-refractivity contribution in [3.05, 3.63) is 101 Å². The highest BCUT2D eigenvalue weighted by Crippen LogP contribution is 2.33. The molecule has 1 heterocycles. The van der Waals surface area contributed by atoms with E-state index in [-0.39, 0.29) is 11.8 Å². The Morgan fingerprint density at radius 3 is 2.24 bits per heavy atom. The number of carbonyl (C=O) groups excluding carboxylic acids is 2. The normalized spacial score (nSPS) is 14.7. The average Bonchev–Trinajstić information content (AvgIpc) is 3.12. The summed E-state index contributed by atoms with van der Waals surface area (Å²) in [6.07, 6.45) is 2.79. The van der Waals surface area contributed by atoms with E-state index in [1.54, 1.807) is 4.90 Å². The van der Waals surface area contributed by atoms with Crippen LogP contribution in [-0.2, 0) is 16.1 Å². The molecule has 166 valence electrons. The fraction of sp³-hybridized carbons (Fsp3) is 0.148. The van der Waals surface area contributed by atoms with Crippen LogP contribution in [0.3, 0.4) is 0 Å². The summed E-state index contributed by atoms with van der Waals surface area (Å²) in [6.45, 7) is 0.945. The number of nitrogens with one attached hydrogen (secondary N) is 1. The summed E-state index contributed by atoms with van der Waals surface area (Å²) in [5.41, 5.74) is 4.30. The largest absolute Gasteiger partial charge is 0.352 e. The standard InChI is InChI=1S/C27H24N2O2S2/c30-25(28-19-21-8-3-1-4-9-21)12-7-17-29-26(31)24(33-27(29)32)18-20-13-15-23(16-14-20)22-10-5-2-6-11-22/h1-6,8-11,13-16,18H,7,12,17,19H2,(H,28,30)/b24-18-. The van der Waals surface area contributed by atoms with Gasteiger partial charge in [-0.3, -0.25) is 14.5 Å². The van der Waals surface area contributed by atoms with E-state index in [4.69, 9.17) is 12.2 Å². The molecule has 0 spiro atoms. The topological polar surface area (TPSA) is 49.4 Å². The molecule has 0 unspecified atom stereocenters. The molecular formula is C27H24N2O2S2. The molecule has 1 saturated heterocycles. The van der Waals surface area contributed by atoms with Crippen LogP contribution in [0.2, 0.25) is 0 Å². The second kappa shape index (κ2) is 11.1. The molecule has 4 nitrogen and oxygen atoms in total. The molecule has 3 aromatic rings. The van der Waals surface area contributed by atoms with E-state index in [1.807, 2.05) is 66.7 Å². The molecule has 1 aliphatic heterocycles. The molecule has 1 fully saturated rings. The van der Waals surface area contributed by atoms with Crippen molar-refractivity contribution in [2.24, 2.45) is 0 Å². The number of rotatable bonds is 8. The number of amides is 2. The summed E-state index contributed by atoms with van der Waals surface area (Å²) in [6, 6.07) is 28.1. The smallest absolute Gasteiger partial charge is 0.266 e. The van der Waals surface area contributed by atoms with E-state index >= 15 is 0 Å². The predicted octanol–water partition coefficient (Wildman–Crippen LogP) is 5.65. The molecule has 0 bridgehead atoms. The second-order valence-corrected chi connectivity index (χ2v) is 9.36. The Bertz CT molecular complexity index is 1160. The minimum atomic E-state index is -0.0955. The molecule has 3 aromatic carbocycles. The van der Waals surface area contributed by atoms with E-state index in [1.165, 1.54) is 11.8 Å². The van der Waals surface area contributed by atoms with Gasteiger partial charge in [-0.2, -0.15) is 0 Å². The van der Waals surface area contributed by atoms with Gasteiger partial charge in [0.15, 0.2) is 0 Å². The number of nitrogens with zero attached hydrogens (tertiary/aromatic N) is 1. The van der Waals surface area contributed by atoms with Crippen LogP contribution >= 0.6 is 24.0 Å². The lowest BCUT2D eigenvalue weighted by Gasteiger charge is -2.14. The molecule has 4 rings (SSSR count). The van der Waals surface area contributed by atoms with Gasteiger partial charge >= 0.3 is 0 Å². The number of benzene rings is 3. The molecule has 0 aliphatic carbocycles. The third-order valence-electron chi connectivity index (χ3n) is 5.31. The zero-order valence-corrected chi connectivity index (χ0v) is 19.7. The summed E-state index contributed by atoms with van der Waals surface area (Å²) in [7, 11) is 0. The van der Waals surface area contributed by atoms with Gasteiger partial charge in [0, 0.05) is 19.5 Å². The zero-order chi connectivity index (χ0) is 23.0. The first-order valence-electron chi connectivity index (χ1n) is 10.8. The van der Waals surface area contributed by atoms with Crippen molar-refractivity contribution >= 4 is 46.2 Å². The van der Waals surface area contributed by atoms with Crippen LogP contribution < -0.4 is 5.32 Å². The molecule has 1 N–H and O–H groups in total. The van der Waals surface area contributed by atoms with Crippen molar-refractivity contribution in [3.63, 3.8) is 0 Å². The van der Waals surface area contributed by atoms with Gasteiger partial charge in [0.05, 0.1) is 4.91 Å². The van der Waals surface area contributed by atoms with E-state index in [2.05, 4.69) is 29.6 Å². The highest BCUT2D eigenvalue weighted by atomic mass is 32.2. The Balaban J connectivity index is 1.29. The number of thioether (sulfide) groups is 1. The SMILES string of the molecule is O=C(CCCN1C(=O)/C(=C/c2ccc(-c3ccccc3)cc2)SC1=S)NCc1ccccc1. The highest BCUT2D eigenvalue weighted by molar-refractivity contribution is 8.26. The number of hydrogen-bond donors (Lipinski definition) is 1. The second-order valence-electron chi connectivity index (χ2n) is 7.69. The molecule has 1 aliphatic rings. The minimum absolute atomic E-state index is 0.0293. The van der Waals surface area contributed by atoms with E-state index in [0.29, 0.717) is 35.2 Å². The predicted molar refractivity (Wildman–Crippen MR) is 139 cm³/mol. The zero-order valence-electron chi connectivity index (χ0n) is 18.1. The van der Waals surface area contributed by atoms with E-state index in [9.17, 15) is 9.59 Å². The first kappa shape index (κ1) is 23.0. The molecule has 2 amide bonds. The number of hydrogen-bond acceptors (Lipinski definition) is 4. The number of thiocarbonyl (C=S) groups is 1. The molecule has 0 saturated carbocycles. The molecule has 6 heteroatoms. The lowest BCUT2D eigenvalue weighted by Crippen LogP contribution is -2.30. The van der Waals surface area contributed by atoms with Gasteiger partial charge in [-0.05, 0) is 34.8 Å². The third kappa shape index (κ3) is 6.18. The summed E-state index contributed by atoms with van der Waals surface area (Å²) in [4.78, 5) is 27.2. The van der Waals surface area contributed by atoms with Gasteiger partial charge in [-0.25, -0.2) is 0 Å². The Morgan fingerprint density at radius 2 is 1.55 bits per heavy atom. The Labute approximate surface area is 203 Å². The highest BCUT2D eigenvalue weighted by Gasteiger charge is 2.31. The minimum Gasteiger partial charge on any atom is -0.352 e. The molecule has 33 heavy (non-hydrogen) atoms. The monoisotopic (exact) mass is 472 g/mol. The summed E-state index contributed by atoms with van der Waals surface area (Å²) < 4.78 is 0.539. The van der Waals surface area contributed by atoms with Gasteiger partial charge in [0.1, 0.15) is 4.32 Å². The van der Waals surface area contributed by atoms with Gasteiger partial charge < -0.3 is 5.32 Å². The van der Waals surface area contributed by atoms with Crippen LogP contribution in [0.15, 0.2) is 89.8 Å². The lowest BCUT2D eigenvalue weighted by molar-refractivity contribution is -0.124. The average molecular weight is 473 g/mol. The van der Waals surface area contributed by atoms with Crippen molar-refractivity contribution < 1.29 is 9.59 Å². The van der Waals surface area contributed by atoms with Crippen LogP contribution in [0.5, 0.6) is 0 Å². The van der Waals surface area contributed by atoms with Crippen molar-refractivity contribution in [3.8, 4) is 11.1 Å². The first-order valence-corrected chi connectivity index (χ1v) is 12.0. The summed E-state index contributed by atoms with van der Waals surface area (Å²) >= 11 is 6.73. The van der Waals surface area contributed by atoms with Crippen molar-refractivity contribution in [1.29, 1.82) is 0 Å². The van der Waals surface area contributed by atoms with E-state index in [0.717, 1.165) is 22.3 Å². The molecular weight excluding hydrogens is 448 g/mol. The third-order valence-corrected chi connectivity index (χ3v) is 6.69. The Kier molecular flexibility index (Phi) is 7.70. The lowest BCUT2D eigenvalue weighted by atomic mass is 10.0. The van der Waals surface area contributed by atoms with Gasteiger partial charge in [0.25, 0.3) is 5.91 Å². The van der Waals surface area contributed by atoms with Crippen molar-refractivity contribution in [1.82, 2.24) is 10.2 Å². The fourth-order valence-electron chi connectivity index (χ4n) is 3.53. The maximum atomic E-state index is 12.8. The number of carbonyl (C=O) groups is 2. The van der Waals surface area contributed by atoms with Crippen molar-refractivity contribution in [2.45, 2.75) is 19.4 Å². The maximum Gasteiger partial charge on any atom is 0.266 e. The Morgan fingerprint density at radius 1 is 0.909 bits per heavy atom. The van der Waals surface area contributed by atoms with Crippen LogP contribution in [0.25, 0.3) is 17.2 Å². The van der Waals surface area contributed by atoms with E-state index < -0.39 is 0 Å². The van der Waals surface area contributed by atoms with Crippen LogP contribution in [-0.4, -0.2) is 27.6 Å². The molecule has 0 radical (unpaired) electrons. The van der Waals surface area contributed by atoms with Gasteiger partial charge in [-0.15, -0.1) is 0 Å². The van der Waals surface area contributed by atoms with Gasteiger partial charge in [-0.1, -0.05) is 109 Å². The molecule has 0 atom stereocenters. The quantitative estimate of drug-likeness (QED) is 0.340. The van der Waals surface area contributed by atoms with Crippen molar-refractivity contribution in [2.75, 3.05) is 6.54 Å².